The van der Waals surface area contributed by atoms with E-state index in [-0.39, 0.29) is 6.04 Å². The topological polar surface area (TPSA) is 60.1 Å². The van der Waals surface area contributed by atoms with Crippen LogP contribution in [-0.2, 0) is 0 Å². The zero-order valence-electron chi connectivity index (χ0n) is 11.7. The first kappa shape index (κ1) is 13.2. The van der Waals surface area contributed by atoms with Crippen LogP contribution >= 0.6 is 15.9 Å². The molecule has 1 aromatic carbocycles. The van der Waals surface area contributed by atoms with Gasteiger partial charge < -0.3 is 20.1 Å². The molecule has 1 unspecified atom stereocenters. The zero-order chi connectivity index (χ0) is 14.4. The molecule has 1 fully saturated rings. The molecule has 1 atom stereocenters. The molecule has 2 N–H and O–H groups in total. The number of ether oxygens (including phenoxy) is 2. The lowest BCUT2D eigenvalue weighted by Crippen LogP contribution is -2.37. The normalized spacial score (nSPS) is 24.1. The van der Waals surface area contributed by atoms with E-state index >= 15 is 0 Å². The molecule has 0 radical (unpaired) electrons. The highest BCUT2D eigenvalue weighted by Crippen LogP contribution is 2.42. The smallest absolute Gasteiger partial charge is 0.191 e. The van der Waals surface area contributed by atoms with Crippen molar-refractivity contribution < 1.29 is 9.47 Å². The van der Waals surface area contributed by atoms with Gasteiger partial charge in [-0.2, -0.15) is 0 Å². The van der Waals surface area contributed by atoms with E-state index in [0.717, 1.165) is 28.4 Å². The summed E-state index contributed by atoms with van der Waals surface area (Å²) in [4.78, 5) is 6.66. The minimum atomic E-state index is 0.206. The quantitative estimate of drug-likeness (QED) is 0.907. The Morgan fingerprint density at radius 2 is 2.10 bits per heavy atom. The Morgan fingerprint density at radius 3 is 2.90 bits per heavy atom. The summed E-state index contributed by atoms with van der Waals surface area (Å²) in [6.45, 7) is 2.91. The molecule has 3 aliphatic rings. The highest BCUT2D eigenvalue weighted by atomic mass is 79.9. The third kappa shape index (κ3) is 2.46. The second-order valence-electron chi connectivity index (χ2n) is 5.84. The Hall–Kier alpha value is -1.43. The molecular formula is C15H18BrN3O2. The number of nitrogens with zero attached hydrogens (tertiary/aromatic N) is 2. The number of guanidine groups is 1. The maximum absolute atomic E-state index is 6.07. The van der Waals surface area contributed by atoms with Crippen LogP contribution in [-0.4, -0.2) is 37.2 Å². The van der Waals surface area contributed by atoms with Crippen molar-refractivity contribution in [3.8, 4) is 11.5 Å². The summed E-state index contributed by atoms with van der Waals surface area (Å²) in [6, 6.07) is 4.38. The van der Waals surface area contributed by atoms with Crippen molar-refractivity contribution in [1.82, 2.24) is 4.90 Å². The van der Waals surface area contributed by atoms with Crippen LogP contribution in [0.5, 0.6) is 11.5 Å². The lowest BCUT2D eigenvalue weighted by atomic mass is 10.0. The van der Waals surface area contributed by atoms with Gasteiger partial charge in [-0.05, 0) is 52.4 Å². The molecule has 5 nitrogen and oxygen atoms in total. The highest BCUT2D eigenvalue weighted by molar-refractivity contribution is 9.10. The predicted octanol–water partition coefficient (Wildman–Crippen LogP) is 2.30. The number of rotatable bonds is 3. The van der Waals surface area contributed by atoms with Crippen LogP contribution in [0.4, 0.5) is 0 Å². The molecule has 1 saturated carbocycles. The predicted molar refractivity (Wildman–Crippen MR) is 83.8 cm³/mol. The van der Waals surface area contributed by atoms with Gasteiger partial charge in [0.25, 0.3) is 0 Å². The van der Waals surface area contributed by atoms with E-state index in [2.05, 4.69) is 38.0 Å². The summed E-state index contributed by atoms with van der Waals surface area (Å²) in [5.74, 6) is 3.05. The Labute approximate surface area is 132 Å². The van der Waals surface area contributed by atoms with E-state index in [0.29, 0.717) is 25.7 Å². The molecule has 2 heterocycles. The molecule has 0 bridgehead atoms. The highest BCUT2D eigenvalue weighted by Gasteiger charge is 2.34. The summed E-state index contributed by atoms with van der Waals surface area (Å²) in [5, 5.41) is 0. The summed E-state index contributed by atoms with van der Waals surface area (Å²) < 4.78 is 12.3. The van der Waals surface area contributed by atoms with Gasteiger partial charge in [0.05, 0.1) is 17.1 Å². The Kier molecular flexibility index (Phi) is 3.21. The molecular weight excluding hydrogens is 334 g/mol. The van der Waals surface area contributed by atoms with Crippen LogP contribution in [0.25, 0.3) is 0 Å². The number of nitrogens with two attached hydrogens (primary N) is 1. The van der Waals surface area contributed by atoms with Crippen molar-refractivity contribution in [1.29, 1.82) is 0 Å². The number of benzene rings is 1. The third-order valence-electron chi connectivity index (χ3n) is 4.25. The van der Waals surface area contributed by atoms with Crippen molar-refractivity contribution >= 4 is 21.9 Å². The van der Waals surface area contributed by atoms with Gasteiger partial charge in [-0.1, -0.05) is 0 Å². The van der Waals surface area contributed by atoms with E-state index < -0.39 is 0 Å². The van der Waals surface area contributed by atoms with Gasteiger partial charge in [-0.3, -0.25) is 4.99 Å². The van der Waals surface area contributed by atoms with Gasteiger partial charge in [0.15, 0.2) is 17.5 Å². The Balaban J connectivity index is 1.64. The van der Waals surface area contributed by atoms with Crippen molar-refractivity contribution in [2.45, 2.75) is 18.9 Å². The summed E-state index contributed by atoms with van der Waals surface area (Å²) in [7, 11) is 0. The lowest BCUT2D eigenvalue weighted by Gasteiger charge is -2.28. The number of halogens is 1. The van der Waals surface area contributed by atoms with Crippen LogP contribution in [0.15, 0.2) is 21.6 Å². The fraction of sp³-hybridized carbons (Fsp3) is 0.533. The molecule has 0 aromatic heterocycles. The van der Waals surface area contributed by atoms with Gasteiger partial charge in [0, 0.05) is 6.54 Å². The first-order chi connectivity index (χ1) is 10.2. The fourth-order valence-electron chi connectivity index (χ4n) is 2.94. The minimum Gasteiger partial charge on any atom is -0.486 e. The first-order valence-electron chi connectivity index (χ1n) is 7.38. The molecule has 0 amide bonds. The van der Waals surface area contributed by atoms with Crippen LogP contribution in [0.3, 0.4) is 0 Å². The van der Waals surface area contributed by atoms with E-state index in [1.165, 1.54) is 18.4 Å². The third-order valence-corrected chi connectivity index (χ3v) is 4.84. The largest absolute Gasteiger partial charge is 0.486 e. The van der Waals surface area contributed by atoms with Gasteiger partial charge in [-0.15, -0.1) is 0 Å². The summed E-state index contributed by atoms with van der Waals surface area (Å²) >= 11 is 3.59. The number of hydrogen-bond acceptors (Lipinski definition) is 5. The minimum absolute atomic E-state index is 0.206. The SMILES string of the molecule is NC1=NCC(c2cc(Br)c3c(c2)OCCO3)N1CC1CC1. The molecule has 1 aliphatic carbocycles. The first-order valence-corrected chi connectivity index (χ1v) is 8.17. The molecule has 1 aromatic rings. The van der Waals surface area contributed by atoms with E-state index in [1.807, 2.05) is 0 Å². The molecule has 6 heteroatoms. The molecule has 0 spiro atoms. The average molecular weight is 352 g/mol. The number of fused-ring (bicyclic) bond motifs is 1. The molecule has 21 heavy (non-hydrogen) atoms. The molecule has 0 saturated heterocycles. The monoisotopic (exact) mass is 351 g/mol. The second kappa shape index (κ2) is 5.09. The maximum atomic E-state index is 6.07. The van der Waals surface area contributed by atoms with Crippen molar-refractivity contribution in [2.24, 2.45) is 16.6 Å². The Bertz CT molecular complexity index is 601. The number of hydrogen-bond donors (Lipinski definition) is 1. The summed E-state index contributed by atoms with van der Waals surface area (Å²) in [5.41, 5.74) is 7.24. The van der Waals surface area contributed by atoms with Crippen LogP contribution in [0, 0.1) is 5.92 Å². The van der Waals surface area contributed by atoms with Gasteiger partial charge in [-0.25, -0.2) is 0 Å². The maximum Gasteiger partial charge on any atom is 0.191 e. The van der Waals surface area contributed by atoms with Gasteiger partial charge in [0.2, 0.25) is 0 Å². The van der Waals surface area contributed by atoms with Crippen LogP contribution in [0.1, 0.15) is 24.4 Å². The zero-order valence-corrected chi connectivity index (χ0v) is 13.3. The van der Waals surface area contributed by atoms with Gasteiger partial charge in [0.1, 0.15) is 13.2 Å². The van der Waals surface area contributed by atoms with Gasteiger partial charge >= 0.3 is 0 Å². The van der Waals surface area contributed by atoms with E-state index in [9.17, 15) is 0 Å². The standard InChI is InChI=1S/C15H18BrN3O2/c16-11-5-10(6-13-14(11)21-4-3-20-13)12-7-18-15(17)19(12)8-9-1-2-9/h5-6,9,12H,1-4,7-8H2,(H2,17,18). The molecule has 4 rings (SSSR count). The molecule has 2 aliphatic heterocycles. The number of aliphatic imine (C=N–C) groups is 1. The van der Waals surface area contributed by atoms with Crippen LogP contribution in [0.2, 0.25) is 0 Å². The van der Waals surface area contributed by atoms with E-state index in [4.69, 9.17) is 15.2 Å². The fourth-order valence-corrected chi connectivity index (χ4v) is 3.51. The van der Waals surface area contributed by atoms with Crippen molar-refractivity contribution in [3.63, 3.8) is 0 Å². The lowest BCUT2D eigenvalue weighted by molar-refractivity contribution is 0.170. The van der Waals surface area contributed by atoms with Crippen LogP contribution < -0.4 is 15.2 Å². The Morgan fingerprint density at radius 1 is 1.29 bits per heavy atom. The van der Waals surface area contributed by atoms with E-state index in [1.54, 1.807) is 0 Å². The summed E-state index contributed by atoms with van der Waals surface area (Å²) in [6.07, 6.45) is 2.61. The van der Waals surface area contributed by atoms with Crippen molar-refractivity contribution in [2.75, 3.05) is 26.3 Å². The second-order valence-corrected chi connectivity index (χ2v) is 6.69. The van der Waals surface area contributed by atoms with Crippen molar-refractivity contribution in [3.05, 3.63) is 22.2 Å². The average Bonchev–Trinajstić information content (AvgIpc) is 3.23. The molecule has 112 valence electrons.